The van der Waals surface area contributed by atoms with Gasteiger partial charge in [-0.3, -0.25) is 4.98 Å². The lowest BCUT2D eigenvalue weighted by Crippen LogP contribution is -1.83. The van der Waals surface area contributed by atoms with Crippen LogP contribution in [0.15, 0.2) is 73.1 Å². The highest BCUT2D eigenvalue weighted by molar-refractivity contribution is 5.70. The molecule has 0 aliphatic carbocycles. The van der Waals surface area contributed by atoms with E-state index in [1.165, 1.54) is 27.8 Å². The van der Waals surface area contributed by atoms with Crippen LogP contribution in [0.2, 0.25) is 0 Å². The molecule has 92 valence electrons. The molecule has 0 bridgehead atoms. The number of pyridine rings is 1. The maximum absolute atomic E-state index is 4.24. The summed E-state index contributed by atoms with van der Waals surface area (Å²) < 4.78 is 0. The minimum Gasteiger partial charge on any atom is -0.264 e. The fraction of sp³-hybridized carbons (Fsp3) is 0.0556. The molecule has 0 amide bonds. The molecule has 0 saturated heterocycles. The Morgan fingerprint density at radius 2 is 1.21 bits per heavy atom. The summed E-state index contributed by atoms with van der Waals surface area (Å²) >= 11 is 0. The minimum atomic E-state index is 1.17. The predicted molar refractivity (Wildman–Crippen MR) is 79.8 cm³/mol. The maximum atomic E-state index is 4.24. The molecule has 0 saturated carbocycles. The molecule has 3 rings (SSSR count). The first-order valence-electron chi connectivity index (χ1n) is 6.40. The van der Waals surface area contributed by atoms with Crippen LogP contribution >= 0.6 is 0 Å². The van der Waals surface area contributed by atoms with Crippen molar-refractivity contribution in [3.05, 3.63) is 78.6 Å². The molecule has 0 aliphatic heterocycles. The molecule has 3 aromatic rings. The molecular weight excluding hydrogens is 230 g/mol. The van der Waals surface area contributed by atoms with E-state index in [1.54, 1.807) is 0 Å². The smallest absolute Gasteiger partial charge is 0.0346 e. The van der Waals surface area contributed by atoms with Crippen molar-refractivity contribution in [2.45, 2.75) is 6.92 Å². The Balaban J connectivity index is 1.95. The van der Waals surface area contributed by atoms with Gasteiger partial charge in [0.15, 0.2) is 0 Å². The zero-order valence-corrected chi connectivity index (χ0v) is 10.9. The molecule has 0 aliphatic rings. The van der Waals surface area contributed by atoms with Crippen LogP contribution in [0.25, 0.3) is 22.3 Å². The monoisotopic (exact) mass is 245 g/mol. The Labute approximate surface area is 113 Å². The average molecular weight is 245 g/mol. The number of aryl methyl sites for hydroxylation is 1. The Hall–Kier alpha value is -2.41. The van der Waals surface area contributed by atoms with Gasteiger partial charge >= 0.3 is 0 Å². The first-order valence-corrected chi connectivity index (χ1v) is 6.40. The van der Waals surface area contributed by atoms with Gasteiger partial charge in [-0.2, -0.15) is 0 Å². The molecule has 19 heavy (non-hydrogen) atoms. The Bertz CT molecular complexity index is 670. The highest BCUT2D eigenvalue weighted by atomic mass is 14.6. The van der Waals surface area contributed by atoms with E-state index < -0.39 is 0 Å². The summed E-state index contributed by atoms with van der Waals surface area (Å²) in [6.07, 6.45) is 3.78. The second-order valence-electron chi connectivity index (χ2n) is 4.69. The lowest BCUT2D eigenvalue weighted by atomic mass is 10.0. The summed E-state index contributed by atoms with van der Waals surface area (Å²) in [5.74, 6) is 0. The molecule has 1 heterocycles. The summed E-state index contributed by atoms with van der Waals surface area (Å²) in [5, 5.41) is 0. The van der Waals surface area contributed by atoms with Crippen molar-refractivity contribution in [3.63, 3.8) is 0 Å². The first kappa shape index (κ1) is 11.7. The van der Waals surface area contributed by atoms with Crippen LogP contribution in [0.4, 0.5) is 0 Å². The van der Waals surface area contributed by atoms with Crippen molar-refractivity contribution in [3.8, 4) is 22.3 Å². The zero-order chi connectivity index (χ0) is 13.1. The Morgan fingerprint density at radius 1 is 0.632 bits per heavy atom. The molecule has 0 spiro atoms. The third kappa shape index (κ3) is 2.55. The van der Waals surface area contributed by atoms with E-state index in [-0.39, 0.29) is 0 Å². The van der Waals surface area contributed by atoms with E-state index in [0.29, 0.717) is 0 Å². The SMILES string of the molecule is Cc1cncc(-c2ccc(-c3ccccc3)cc2)c1. The highest BCUT2D eigenvalue weighted by Crippen LogP contribution is 2.24. The number of hydrogen-bond acceptors (Lipinski definition) is 1. The van der Waals surface area contributed by atoms with Crippen molar-refractivity contribution in [1.29, 1.82) is 0 Å². The predicted octanol–water partition coefficient (Wildman–Crippen LogP) is 4.72. The van der Waals surface area contributed by atoms with Gasteiger partial charge in [-0.1, -0.05) is 54.6 Å². The molecule has 2 aromatic carbocycles. The number of rotatable bonds is 2. The van der Waals surface area contributed by atoms with Crippen LogP contribution < -0.4 is 0 Å². The van der Waals surface area contributed by atoms with Gasteiger partial charge < -0.3 is 0 Å². The summed E-state index contributed by atoms with van der Waals surface area (Å²) in [5.41, 5.74) is 6.04. The van der Waals surface area contributed by atoms with Crippen LogP contribution in [-0.4, -0.2) is 4.98 Å². The third-order valence-corrected chi connectivity index (χ3v) is 3.20. The second-order valence-corrected chi connectivity index (χ2v) is 4.69. The summed E-state index contributed by atoms with van der Waals surface area (Å²) in [6.45, 7) is 2.06. The normalized spacial score (nSPS) is 10.4. The van der Waals surface area contributed by atoms with Crippen molar-refractivity contribution >= 4 is 0 Å². The number of nitrogens with zero attached hydrogens (tertiary/aromatic N) is 1. The molecule has 0 radical (unpaired) electrons. The molecule has 1 aromatic heterocycles. The quantitative estimate of drug-likeness (QED) is 0.636. The van der Waals surface area contributed by atoms with Crippen LogP contribution in [0, 0.1) is 6.92 Å². The largest absolute Gasteiger partial charge is 0.264 e. The molecule has 1 nitrogen and oxygen atoms in total. The summed E-state index contributed by atoms with van der Waals surface area (Å²) in [6, 6.07) is 21.2. The first-order chi connectivity index (χ1) is 9.33. The van der Waals surface area contributed by atoms with Gasteiger partial charge in [0.1, 0.15) is 0 Å². The lowest BCUT2D eigenvalue weighted by Gasteiger charge is -2.05. The van der Waals surface area contributed by atoms with E-state index in [1.807, 2.05) is 18.5 Å². The molecule has 0 atom stereocenters. The van der Waals surface area contributed by atoms with Crippen molar-refractivity contribution < 1.29 is 0 Å². The third-order valence-electron chi connectivity index (χ3n) is 3.20. The van der Waals surface area contributed by atoms with E-state index >= 15 is 0 Å². The number of aromatic nitrogens is 1. The molecular formula is C18H15N. The fourth-order valence-electron chi connectivity index (χ4n) is 2.20. The molecule has 0 unspecified atom stereocenters. The molecule has 0 N–H and O–H groups in total. The van der Waals surface area contributed by atoms with Gasteiger partial charge in [0.05, 0.1) is 0 Å². The van der Waals surface area contributed by atoms with Crippen LogP contribution in [-0.2, 0) is 0 Å². The van der Waals surface area contributed by atoms with Crippen molar-refractivity contribution in [2.75, 3.05) is 0 Å². The van der Waals surface area contributed by atoms with Gasteiger partial charge in [0.25, 0.3) is 0 Å². The number of hydrogen-bond donors (Lipinski definition) is 0. The van der Waals surface area contributed by atoms with Gasteiger partial charge in [0.2, 0.25) is 0 Å². The maximum Gasteiger partial charge on any atom is 0.0346 e. The van der Waals surface area contributed by atoms with E-state index in [4.69, 9.17) is 0 Å². The Kier molecular flexibility index (Phi) is 3.11. The van der Waals surface area contributed by atoms with Crippen LogP contribution in [0.3, 0.4) is 0 Å². The average Bonchev–Trinajstić information content (AvgIpc) is 2.48. The van der Waals surface area contributed by atoms with Gasteiger partial charge in [-0.15, -0.1) is 0 Å². The lowest BCUT2D eigenvalue weighted by molar-refractivity contribution is 1.27. The van der Waals surface area contributed by atoms with E-state index in [2.05, 4.69) is 66.5 Å². The highest BCUT2D eigenvalue weighted by Gasteiger charge is 2.00. The van der Waals surface area contributed by atoms with Crippen LogP contribution in [0.5, 0.6) is 0 Å². The standard InChI is InChI=1S/C18H15N/c1-14-11-18(13-19-12-14)17-9-7-16(8-10-17)15-5-3-2-4-6-15/h2-13H,1H3. The zero-order valence-electron chi connectivity index (χ0n) is 10.9. The van der Waals surface area contributed by atoms with Crippen molar-refractivity contribution in [2.24, 2.45) is 0 Å². The van der Waals surface area contributed by atoms with Gasteiger partial charge in [-0.05, 0) is 35.2 Å². The summed E-state index contributed by atoms with van der Waals surface area (Å²) in [4.78, 5) is 4.24. The van der Waals surface area contributed by atoms with E-state index in [9.17, 15) is 0 Å². The topological polar surface area (TPSA) is 12.9 Å². The van der Waals surface area contributed by atoms with E-state index in [0.717, 1.165) is 0 Å². The number of benzene rings is 2. The molecule has 0 fully saturated rings. The minimum absolute atomic E-state index is 1.17. The Morgan fingerprint density at radius 3 is 1.84 bits per heavy atom. The second kappa shape index (κ2) is 5.07. The van der Waals surface area contributed by atoms with Crippen molar-refractivity contribution in [1.82, 2.24) is 4.98 Å². The fourth-order valence-corrected chi connectivity index (χ4v) is 2.20. The summed E-state index contributed by atoms with van der Waals surface area (Å²) in [7, 11) is 0. The molecule has 1 heteroatoms. The van der Waals surface area contributed by atoms with Gasteiger partial charge in [-0.25, -0.2) is 0 Å². The van der Waals surface area contributed by atoms with Crippen LogP contribution in [0.1, 0.15) is 5.56 Å². The van der Waals surface area contributed by atoms with Gasteiger partial charge in [0, 0.05) is 18.0 Å².